The summed E-state index contributed by atoms with van der Waals surface area (Å²) in [6.45, 7) is 3.50. The lowest BCUT2D eigenvalue weighted by molar-refractivity contribution is -0.123. The number of ether oxygens (including phenoxy) is 1. The highest BCUT2D eigenvalue weighted by atomic mass is 35.5. The number of amides is 1. The van der Waals surface area contributed by atoms with Gasteiger partial charge in [-0.1, -0.05) is 54.1 Å². The van der Waals surface area contributed by atoms with E-state index in [2.05, 4.69) is 5.32 Å². The van der Waals surface area contributed by atoms with Crippen LogP contribution in [0.1, 0.15) is 34.1 Å². The molecule has 0 saturated heterocycles. The molecule has 0 saturated carbocycles. The number of carbonyl (C=O) groups excluding carboxylic acids is 2. The van der Waals surface area contributed by atoms with Crippen molar-refractivity contribution in [3.8, 4) is 5.69 Å². The number of anilines is 1. The topological polar surface area (TPSA) is 120 Å². The Morgan fingerprint density at radius 1 is 1.00 bits per heavy atom. The van der Waals surface area contributed by atoms with Gasteiger partial charge in [-0.3, -0.25) is 14.3 Å². The Balaban J connectivity index is 1.32. The van der Waals surface area contributed by atoms with Gasteiger partial charge in [-0.05, 0) is 61.7 Å². The molecule has 0 aliphatic carbocycles. The molecular formula is C30H29ClN4O6S. The third kappa shape index (κ3) is 5.50. The van der Waals surface area contributed by atoms with Crippen LogP contribution in [0, 0.1) is 6.92 Å². The predicted molar refractivity (Wildman–Crippen MR) is 158 cm³/mol. The number of nitrogens with zero attached hydrogens (tertiary/aromatic N) is 3. The number of para-hydroxylation sites is 1. The van der Waals surface area contributed by atoms with Gasteiger partial charge in [0.2, 0.25) is 10.0 Å². The highest BCUT2D eigenvalue weighted by Gasteiger charge is 2.31. The van der Waals surface area contributed by atoms with E-state index in [9.17, 15) is 22.8 Å². The number of rotatable bonds is 7. The lowest BCUT2D eigenvalue weighted by Gasteiger charge is -2.28. The fraction of sp³-hybridized carbons (Fsp3) is 0.233. The fourth-order valence-corrected chi connectivity index (χ4v) is 6.78. The van der Waals surface area contributed by atoms with Crippen molar-refractivity contribution in [3.05, 3.63) is 111 Å². The van der Waals surface area contributed by atoms with Gasteiger partial charge in [0.05, 0.1) is 22.0 Å². The van der Waals surface area contributed by atoms with E-state index >= 15 is 0 Å². The van der Waals surface area contributed by atoms with E-state index in [0.29, 0.717) is 17.8 Å². The zero-order valence-corrected chi connectivity index (χ0v) is 24.8. The first kappa shape index (κ1) is 29.3. The number of hydrogen-bond donors (Lipinski definition) is 1. The van der Waals surface area contributed by atoms with Crippen LogP contribution in [-0.2, 0) is 39.6 Å². The van der Waals surface area contributed by atoms with E-state index in [4.69, 9.17) is 16.3 Å². The largest absolute Gasteiger partial charge is 0.449 e. The molecule has 4 aromatic rings. The van der Waals surface area contributed by atoms with Crippen LogP contribution in [0.15, 0.2) is 82.5 Å². The molecule has 2 heterocycles. The molecule has 1 atom stereocenters. The van der Waals surface area contributed by atoms with E-state index in [1.165, 1.54) is 28.0 Å². The molecule has 1 unspecified atom stereocenters. The summed E-state index contributed by atoms with van der Waals surface area (Å²) in [5.74, 6) is -1.63. The molecule has 0 radical (unpaired) electrons. The van der Waals surface area contributed by atoms with Crippen molar-refractivity contribution in [2.75, 3.05) is 11.9 Å². The Morgan fingerprint density at radius 2 is 1.67 bits per heavy atom. The molecule has 1 aromatic heterocycles. The van der Waals surface area contributed by atoms with Gasteiger partial charge in [-0.25, -0.2) is 17.9 Å². The summed E-state index contributed by atoms with van der Waals surface area (Å²) in [7, 11) is -2.34. The normalized spacial score (nSPS) is 14.2. The van der Waals surface area contributed by atoms with Crippen LogP contribution in [0.3, 0.4) is 0 Å². The van der Waals surface area contributed by atoms with Gasteiger partial charge in [0.25, 0.3) is 11.5 Å². The Morgan fingerprint density at radius 3 is 2.38 bits per heavy atom. The second-order valence-electron chi connectivity index (χ2n) is 9.98. The molecule has 1 aliphatic rings. The molecule has 3 aromatic carbocycles. The fourth-order valence-electron chi connectivity index (χ4n) is 4.86. The van der Waals surface area contributed by atoms with Crippen molar-refractivity contribution >= 4 is 39.2 Å². The summed E-state index contributed by atoms with van der Waals surface area (Å²) < 4.78 is 36.7. The minimum Gasteiger partial charge on any atom is -0.449 e. The van der Waals surface area contributed by atoms with E-state index in [1.807, 2.05) is 30.3 Å². The predicted octanol–water partition coefficient (Wildman–Crippen LogP) is 4.07. The van der Waals surface area contributed by atoms with Crippen molar-refractivity contribution in [2.45, 2.75) is 37.8 Å². The number of nitrogens with one attached hydrogen (secondary N) is 1. The maximum atomic E-state index is 13.5. The van der Waals surface area contributed by atoms with E-state index in [0.717, 1.165) is 17.2 Å². The Hall–Kier alpha value is -4.19. The summed E-state index contributed by atoms with van der Waals surface area (Å²) in [6.07, 6.45) is -0.741. The summed E-state index contributed by atoms with van der Waals surface area (Å²) in [6, 6.07) is 20.4. The number of halogens is 1. The highest BCUT2D eigenvalue weighted by Crippen LogP contribution is 2.30. The molecule has 1 amide bonds. The number of carbonyl (C=O) groups is 2. The monoisotopic (exact) mass is 608 g/mol. The first-order valence-electron chi connectivity index (χ1n) is 13.2. The third-order valence-electron chi connectivity index (χ3n) is 7.34. The highest BCUT2D eigenvalue weighted by molar-refractivity contribution is 7.89. The molecular weight excluding hydrogens is 580 g/mol. The van der Waals surface area contributed by atoms with E-state index < -0.39 is 33.6 Å². The number of benzene rings is 3. The molecule has 0 spiro atoms. The van der Waals surface area contributed by atoms with Crippen molar-refractivity contribution in [3.63, 3.8) is 0 Å². The summed E-state index contributed by atoms with van der Waals surface area (Å²) in [5, 5.41) is 2.53. The first-order chi connectivity index (χ1) is 20.0. The van der Waals surface area contributed by atoms with E-state index in [-0.39, 0.29) is 34.3 Å². The van der Waals surface area contributed by atoms with Crippen molar-refractivity contribution in [2.24, 2.45) is 7.05 Å². The van der Waals surface area contributed by atoms with Crippen LogP contribution >= 0.6 is 11.6 Å². The molecule has 1 N–H and O–H groups in total. The Labute approximate surface area is 248 Å². The van der Waals surface area contributed by atoms with Gasteiger partial charge in [-0.2, -0.15) is 4.31 Å². The average Bonchev–Trinajstić information content (AvgIpc) is 3.19. The lowest BCUT2D eigenvalue weighted by Crippen LogP contribution is -2.36. The molecule has 218 valence electrons. The van der Waals surface area contributed by atoms with Crippen molar-refractivity contribution < 1.29 is 22.7 Å². The third-order valence-corrected chi connectivity index (χ3v) is 9.66. The van der Waals surface area contributed by atoms with E-state index in [1.54, 1.807) is 42.9 Å². The molecule has 12 heteroatoms. The van der Waals surface area contributed by atoms with Gasteiger partial charge in [0, 0.05) is 20.1 Å². The summed E-state index contributed by atoms with van der Waals surface area (Å²) >= 11 is 6.28. The SMILES string of the molecule is Cc1c(NC(=O)C(C)OC(=O)c2ccc(Cl)c(S(=O)(=O)N3CCc4ccccc4C3)c2)c(=O)n(-c2ccccc2)n1C. The molecule has 0 bridgehead atoms. The number of hydrogen-bond acceptors (Lipinski definition) is 6. The number of fused-ring (bicyclic) bond motifs is 1. The Bertz CT molecular complexity index is 1850. The van der Waals surface area contributed by atoms with Crippen LogP contribution in [0.4, 0.5) is 5.69 Å². The van der Waals surface area contributed by atoms with Crippen LogP contribution in [0.25, 0.3) is 5.69 Å². The number of sulfonamides is 1. The summed E-state index contributed by atoms with van der Waals surface area (Å²) in [4.78, 5) is 38.9. The molecule has 1 aliphatic heterocycles. The van der Waals surface area contributed by atoms with Crippen LogP contribution in [0.5, 0.6) is 0 Å². The minimum atomic E-state index is -4.04. The van der Waals surface area contributed by atoms with Gasteiger partial charge in [-0.15, -0.1) is 0 Å². The van der Waals surface area contributed by atoms with Gasteiger partial charge < -0.3 is 10.1 Å². The Kier molecular flexibility index (Phi) is 8.09. The van der Waals surface area contributed by atoms with Gasteiger partial charge in [0.1, 0.15) is 10.6 Å². The maximum absolute atomic E-state index is 13.5. The average molecular weight is 609 g/mol. The van der Waals surface area contributed by atoms with Gasteiger partial charge in [0.15, 0.2) is 6.10 Å². The van der Waals surface area contributed by atoms with Crippen LogP contribution < -0.4 is 10.9 Å². The maximum Gasteiger partial charge on any atom is 0.338 e. The minimum absolute atomic E-state index is 0.0366. The molecule has 0 fully saturated rings. The smallest absolute Gasteiger partial charge is 0.338 e. The zero-order chi connectivity index (χ0) is 30.2. The number of aromatic nitrogens is 2. The number of esters is 1. The quantitative estimate of drug-likeness (QED) is 0.316. The second-order valence-corrected chi connectivity index (χ2v) is 12.3. The molecule has 42 heavy (non-hydrogen) atoms. The second kappa shape index (κ2) is 11.6. The van der Waals surface area contributed by atoms with Gasteiger partial charge >= 0.3 is 5.97 Å². The first-order valence-corrected chi connectivity index (χ1v) is 15.0. The van der Waals surface area contributed by atoms with Crippen LogP contribution in [-0.4, -0.2) is 46.6 Å². The van der Waals surface area contributed by atoms with Crippen molar-refractivity contribution in [1.29, 1.82) is 0 Å². The molecule has 10 nitrogen and oxygen atoms in total. The molecule has 5 rings (SSSR count). The summed E-state index contributed by atoms with van der Waals surface area (Å²) in [5.41, 5.74) is 2.64. The van der Waals surface area contributed by atoms with Crippen molar-refractivity contribution in [1.82, 2.24) is 13.7 Å². The lowest BCUT2D eigenvalue weighted by atomic mass is 10.0. The zero-order valence-electron chi connectivity index (χ0n) is 23.2. The van der Waals surface area contributed by atoms with Crippen LogP contribution in [0.2, 0.25) is 5.02 Å². The standard InChI is InChI=1S/C30H29ClN4O6S/c1-19-27(29(37)35(33(19)3)24-11-5-4-6-12-24)32-28(36)20(2)41-30(38)22-13-14-25(31)26(17-22)42(39,40)34-16-15-21-9-7-8-10-23(21)18-34/h4-14,17,20H,15-16,18H2,1-3H3,(H,32,36).